The first kappa shape index (κ1) is 16.2. The van der Waals surface area contributed by atoms with Gasteiger partial charge >= 0.3 is 0 Å². The van der Waals surface area contributed by atoms with E-state index in [4.69, 9.17) is 10.5 Å². The Labute approximate surface area is 115 Å². The molecule has 0 heterocycles. The molecule has 0 unspecified atom stereocenters. The topological polar surface area (TPSA) is 64.3 Å². The van der Waals surface area contributed by atoms with Crippen molar-refractivity contribution in [3.63, 3.8) is 0 Å². The molecule has 0 aliphatic rings. The number of rotatable bonds is 5. The second kappa shape index (κ2) is 8.33. The Kier molecular flexibility index (Phi) is 7.95. The molecule has 6 heteroatoms. The van der Waals surface area contributed by atoms with E-state index in [0.29, 0.717) is 30.8 Å². The smallest absolute Gasteiger partial charge is 0.224 e. The summed E-state index contributed by atoms with van der Waals surface area (Å²) in [4.78, 5) is 11.5. The van der Waals surface area contributed by atoms with Crippen LogP contribution in [0.3, 0.4) is 0 Å². The van der Waals surface area contributed by atoms with Gasteiger partial charge in [0.2, 0.25) is 5.91 Å². The predicted molar refractivity (Wildman–Crippen MR) is 74.9 cm³/mol. The number of nitrogens with one attached hydrogen (secondary N) is 1. The SMILES string of the molecule is COc1ccc(Br)cc1NC(=O)CCCN.Cl. The predicted octanol–water partition coefficient (Wildman–Crippen LogP) is 2.56. The van der Waals surface area contributed by atoms with E-state index in [1.54, 1.807) is 19.2 Å². The molecule has 0 radical (unpaired) electrons. The lowest BCUT2D eigenvalue weighted by Crippen LogP contribution is -2.14. The molecule has 4 nitrogen and oxygen atoms in total. The molecule has 0 fully saturated rings. The van der Waals surface area contributed by atoms with Crippen LogP contribution in [-0.4, -0.2) is 19.6 Å². The summed E-state index contributed by atoms with van der Waals surface area (Å²) in [5.41, 5.74) is 6.00. The third kappa shape index (κ3) is 5.39. The number of halogens is 2. The minimum absolute atomic E-state index is 0. The van der Waals surface area contributed by atoms with Gasteiger partial charge in [0.15, 0.2) is 0 Å². The van der Waals surface area contributed by atoms with Crippen LogP contribution >= 0.6 is 28.3 Å². The zero-order chi connectivity index (χ0) is 12.0. The van der Waals surface area contributed by atoms with Gasteiger partial charge in [-0.25, -0.2) is 0 Å². The summed E-state index contributed by atoms with van der Waals surface area (Å²) in [6.07, 6.45) is 1.11. The van der Waals surface area contributed by atoms with Crippen LogP contribution in [0.25, 0.3) is 0 Å². The number of methoxy groups -OCH3 is 1. The Morgan fingerprint density at radius 1 is 1.53 bits per heavy atom. The summed E-state index contributed by atoms with van der Waals surface area (Å²) in [5, 5.41) is 2.79. The fourth-order valence-corrected chi connectivity index (χ4v) is 1.61. The van der Waals surface area contributed by atoms with Crippen LogP contribution in [0.2, 0.25) is 0 Å². The zero-order valence-electron chi connectivity index (χ0n) is 9.53. The Balaban J connectivity index is 0.00000256. The van der Waals surface area contributed by atoms with Crippen LogP contribution in [-0.2, 0) is 4.79 Å². The summed E-state index contributed by atoms with van der Waals surface area (Å²) in [6, 6.07) is 5.45. The van der Waals surface area contributed by atoms with Crippen molar-refractivity contribution in [2.75, 3.05) is 19.0 Å². The molecule has 96 valence electrons. The minimum atomic E-state index is -0.0538. The van der Waals surface area contributed by atoms with Crippen molar-refractivity contribution in [1.29, 1.82) is 0 Å². The number of hydrogen-bond acceptors (Lipinski definition) is 3. The highest BCUT2D eigenvalue weighted by Crippen LogP contribution is 2.27. The Morgan fingerprint density at radius 3 is 2.82 bits per heavy atom. The van der Waals surface area contributed by atoms with Crippen molar-refractivity contribution < 1.29 is 9.53 Å². The highest BCUT2D eigenvalue weighted by Gasteiger charge is 2.07. The second-order valence-corrected chi connectivity index (χ2v) is 4.20. The lowest BCUT2D eigenvalue weighted by Gasteiger charge is -2.10. The second-order valence-electron chi connectivity index (χ2n) is 3.29. The normalized spacial score (nSPS) is 9.35. The molecule has 0 saturated carbocycles. The number of carbonyl (C=O) groups excluding carboxylic acids is 1. The fourth-order valence-electron chi connectivity index (χ4n) is 1.25. The summed E-state index contributed by atoms with van der Waals surface area (Å²) in [7, 11) is 1.57. The van der Waals surface area contributed by atoms with Gasteiger partial charge < -0.3 is 15.8 Å². The van der Waals surface area contributed by atoms with Crippen LogP contribution in [0.4, 0.5) is 5.69 Å². The quantitative estimate of drug-likeness (QED) is 0.875. The number of carbonyl (C=O) groups is 1. The summed E-state index contributed by atoms with van der Waals surface area (Å²) < 4.78 is 6.04. The molecule has 1 aromatic carbocycles. The number of amides is 1. The van der Waals surface area contributed by atoms with E-state index in [0.717, 1.165) is 4.47 Å². The molecule has 1 amide bonds. The zero-order valence-corrected chi connectivity index (χ0v) is 11.9. The molecule has 0 atom stereocenters. The fraction of sp³-hybridized carbons (Fsp3) is 0.364. The average molecular weight is 324 g/mol. The third-order valence-electron chi connectivity index (χ3n) is 2.04. The molecule has 0 saturated heterocycles. The first-order valence-corrected chi connectivity index (χ1v) is 5.80. The average Bonchev–Trinajstić information content (AvgIpc) is 2.27. The Hall–Kier alpha value is -0.780. The van der Waals surface area contributed by atoms with Crippen molar-refractivity contribution >= 4 is 39.9 Å². The first-order valence-electron chi connectivity index (χ1n) is 5.01. The van der Waals surface area contributed by atoms with Gasteiger partial charge in [-0.15, -0.1) is 12.4 Å². The van der Waals surface area contributed by atoms with Gasteiger partial charge in [0, 0.05) is 10.9 Å². The maximum atomic E-state index is 11.5. The highest BCUT2D eigenvalue weighted by atomic mass is 79.9. The van der Waals surface area contributed by atoms with Crippen LogP contribution in [0.5, 0.6) is 5.75 Å². The van der Waals surface area contributed by atoms with Crippen LogP contribution in [0.15, 0.2) is 22.7 Å². The van der Waals surface area contributed by atoms with Crippen molar-refractivity contribution in [2.45, 2.75) is 12.8 Å². The Morgan fingerprint density at radius 2 is 2.24 bits per heavy atom. The molecular weight excluding hydrogens is 307 g/mol. The molecular formula is C11H16BrClN2O2. The molecule has 0 aliphatic heterocycles. The molecule has 3 N–H and O–H groups in total. The van der Waals surface area contributed by atoms with Gasteiger partial charge in [0.05, 0.1) is 12.8 Å². The molecule has 0 bridgehead atoms. The lowest BCUT2D eigenvalue weighted by molar-refractivity contribution is -0.116. The van der Waals surface area contributed by atoms with E-state index in [-0.39, 0.29) is 18.3 Å². The number of anilines is 1. The molecule has 17 heavy (non-hydrogen) atoms. The molecule has 0 aliphatic carbocycles. The van der Waals surface area contributed by atoms with Crippen molar-refractivity contribution in [1.82, 2.24) is 0 Å². The van der Waals surface area contributed by atoms with E-state index in [9.17, 15) is 4.79 Å². The van der Waals surface area contributed by atoms with Crippen molar-refractivity contribution in [3.8, 4) is 5.75 Å². The van der Waals surface area contributed by atoms with Gasteiger partial charge in [-0.3, -0.25) is 4.79 Å². The standard InChI is InChI=1S/C11H15BrN2O2.ClH/c1-16-10-5-4-8(12)7-9(10)14-11(15)3-2-6-13;/h4-5,7H,2-3,6,13H2,1H3,(H,14,15);1H. The maximum Gasteiger partial charge on any atom is 0.224 e. The highest BCUT2D eigenvalue weighted by molar-refractivity contribution is 9.10. The summed E-state index contributed by atoms with van der Waals surface area (Å²) in [5.74, 6) is 0.589. The molecule has 1 aromatic rings. The van der Waals surface area contributed by atoms with Crippen LogP contribution in [0.1, 0.15) is 12.8 Å². The van der Waals surface area contributed by atoms with E-state index < -0.39 is 0 Å². The van der Waals surface area contributed by atoms with Crippen LogP contribution < -0.4 is 15.8 Å². The third-order valence-corrected chi connectivity index (χ3v) is 2.54. The summed E-state index contributed by atoms with van der Waals surface area (Å²) in [6.45, 7) is 0.517. The summed E-state index contributed by atoms with van der Waals surface area (Å²) >= 11 is 3.34. The largest absolute Gasteiger partial charge is 0.495 e. The maximum absolute atomic E-state index is 11.5. The van der Waals surface area contributed by atoms with Gasteiger partial charge in [-0.05, 0) is 31.2 Å². The van der Waals surface area contributed by atoms with Crippen LogP contribution in [0, 0.1) is 0 Å². The van der Waals surface area contributed by atoms with E-state index in [1.807, 2.05) is 6.07 Å². The Bertz CT molecular complexity index is 374. The number of ether oxygens (including phenoxy) is 1. The van der Waals surface area contributed by atoms with E-state index >= 15 is 0 Å². The molecule has 1 rings (SSSR count). The first-order chi connectivity index (χ1) is 7.67. The lowest BCUT2D eigenvalue weighted by atomic mass is 10.2. The van der Waals surface area contributed by atoms with Gasteiger partial charge in [-0.1, -0.05) is 15.9 Å². The monoisotopic (exact) mass is 322 g/mol. The molecule has 0 spiro atoms. The minimum Gasteiger partial charge on any atom is -0.495 e. The van der Waals surface area contributed by atoms with Crippen molar-refractivity contribution in [2.24, 2.45) is 5.73 Å². The van der Waals surface area contributed by atoms with Crippen molar-refractivity contribution in [3.05, 3.63) is 22.7 Å². The number of hydrogen-bond donors (Lipinski definition) is 2. The number of benzene rings is 1. The van der Waals surface area contributed by atoms with Gasteiger partial charge in [-0.2, -0.15) is 0 Å². The number of nitrogens with two attached hydrogens (primary N) is 1. The van der Waals surface area contributed by atoms with E-state index in [2.05, 4.69) is 21.2 Å². The van der Waals surface area contributed by atoms with E-state index in [1.165, 1.54) is 0 Å². The van der Waals surface area contributed by atoms with Gasteiger partial charge in [0.25, 0.3) is 0 Å². The van der Waals surface area contributed by atoms with Gasteiger partial charge in [0.1, 0.15) is 5.75 Å². The molecule has 0 aromatic heterocycles.